The summed E-state index contributed by atoms with van der Waals surface area (Å²) in [5.74, 6) is -0.276. The number of benzene rings is 1. The summed E-state index contributed by atoms with van der Waals surface area (Å²) < 4.78 is 0. The van der Waals surface area contributed by atoms with Gasteiger partial charge in [-0.25, -0.2) is 0 Å². The van der Waals surface area contributed by atoms with E-state index in [0.717, 1.165) is 19.6 Å². The second-order valence-corrected chi connectivity index (χ2v) is 6.42. The van der Waals surface area contributed by atoms with E-state index in [1.165, 1.54) is 24.2 Å². The Labute approximate surface area is 130 Å². The van der Waals surface area contributed by atoms with E-state index in [-0.39, 0.29) is 11.8 Å². The number of imide groups is 1. The molecule has 1 N–H and O–H groups in total. The average Bonchev–Trinajstić information content (AvgIpc) is 2.92. The zero-order valence-corrected chi connectivity index (χ0v) is 12.6. The topological polar surface area (TPSA) is 52.7 Å². The summed E-state index contributed by atoms with van der Waals surface area (Å²) in [5, 5.41) is 3.48. The number of nitrogens with zero attached hydrogens (tertiary/aromatic N) is 2. The van der Waals surface area contributed by atoms with E-state index < -0.39 is 0 Å². The summed E-state index contributed by atoms with van der Waals surface area (Å²) in [5.41, 5.74) is 1.10. The summed E-state index contributed by atoms with van der Waals surface area (Å²) in [7, 11) is 0. The standard InChI is InChI=1S/C17H21N3O2/c21-16-14-3-1-2-4-15(14)17(22)20(16)10-9-19-12-5-6-13(19)11-18-8-7-12/h1-4,12-13,18H,5-11H2. The van der Waals surface area contributed by atoms with E-state index in [1.54, 1.807) is 12.1 Å². The zero-order valence-electron chi connectivity index (χ0n) is 12.6. The molecule has 2 bridgehead atoms. The number of carbonyl (C=O) groups is 2. The molecule has 3 aliphatic heterocycles. The van der Waals surface area contributed by atoms with Gasteiger partial charge in [0, 0.05) is 31.7 Å². The number of nitrogens with one attached hydrogen (secondary N) is 1. The van der Waals surface area contributed by atoms with Crippen LogP contribution in [0.4, 0.5) is 0 Å². The number of hydrogen-bond acceptors (Lipinski definition) is 4. The fraction of sp³-hybridized carbons (Fsp3) is 0.529. The van der Waals surface area contributed by atoms with Crippen LogP contribution in [0, 0.1) is 0 Å². The molecule has 2 unspecified atom stereocenters. The quantitative estimate of drug-likeness (QED) is 0.850. The molecule has 3 aliphatic rings. The van der Waals surface area contributed by atoms with E-state index >= 15 is 0 Å². The van der Waals surface area contributed by atoms with Crippen molar-refractivity contribution < 1.29 is 9.59 Å². The Bertz CT molecular complexity index is 567. The van der Waals surface area contributed by atoms with E-state index in [1.807, 2.05) is 12.1 Å². The van der Waals surface area contributed by atoms with E-state index in [2.05, 4.69) is 10.2 Å². The van der Waals surface area contributed by atoms with Gasteiger partial charge in [-0.05, 0) is 37.9 Å². The van der Waals surface area contributed by atoms with Gasteiger partial charge in [-0.1, -0.05) is 12.1 Å². The molecule has 5 heteroatoms. The molecule has 2 atom stereocenters. The smallest absolute Gasteiger partial charge is 0.261 e. The molecular formula is C17H21N3O2. The van der Waals surface area contributed by atoms with Gasteiger partial charge in [-0.2, -0.15) is 0 Å². The first-order valence-electron chi connectivity index (χ1n) is 8.17. The number of hydrogen-bond donors (Lipinski definition) is 1. The lowest BCUT2D eigenvalue weighted by atomic mass is 10.1. The minimum atomic E-state index is -0.138. The van der Waals surface area contributed by atoms with Crippen LogP contribution in [0.3, 0.4) is 0 Å². The first kappa shape index (κ1) is 13.9. The van der Waals surface area contributed by atoms with Gasteiger partial charge >= 0.3 is 0 Å². The highest BCUT2D eigenvalue weighted by Gasteiger charge is 2.38. The predicted molar refractivity (Wildman–Crippen MR) is 82.8 cm³/mol. The Balaban J connectivity index is 1.47. The highest BCUT2D eigenvalue weighted by molar-refractivity contribution is 6.21. The van der Waals surface area contributed by atoms with Crippen molar-refractivity contribution in [1.29, 1.82) is 0 Å². The number of rotatable bonds is 3. The Morgan fingerprint density at radius 2 is 1.64 bits per heavy atom. The summed E-state index contributed by atoms with van der Waals surface area (Å²) in [6.45, 7) is 3.39. The lowest BCUT2D eigenvalue weighted by Gasteiger charge is -2.29. The molecule has 2 fully saturated rings. The van der Waals surface area contributed by atoms with Crippen molar-refractivity contribution in [3.8, 4) is 0 Å². The van der Waals surface area contributed by atoms with E-state index in [0.29, 0.717) is 29.8 Å². The monoisotopic (exact) mass is 299 g/mol. The van der Waals surface area contributed by atoms with Crippen LogP contribution >= 0.6 is 0 Å². The van der Waals surface area contributed by atoms with Gasteiger partial charge in [0.05, 0.1) is 11.1 Å². The van der Waals surface area contributed by atoms with Gasteiger partial charge in [0.15, 0.2) is 0 Å². The average molecular weight is 299 g/mol. The zero-order chi connectivity index (χ0) is 15.1. The summed E-state index contributed by atoms with van der Waals surface area (Å²) >= 11 is 0. The minimum absolute atomic E-state index is 0.138. The molecule has 5 nitrogen and oxygen atoms in total. The molecule has 1 aromatic rings. The van der Waals surface area contributed by atoms with Gasteiger partial charge in [-0.3, -0.25) is 19.4 Å². The molecule has 22 heavy (non-hydrogen) atoms. The molecule has 0 radical (unpaired) electrons. The molecule has 0 spiro atoms. The van der Waals surface area contributed by atoms with Crippen molar-refractivity contribution in [1.82, 2.24) is 15.1 Å². The van der Waals surface area contributed by atoms with Crippen LogP contribution in [0.25, 0.3) is 0 Å². The van der Waals surface area contributed by atoms with Crippen LogP contribution < -0.4 is 5.32 Å². The predicted octanol–water partition coefficient (Wildman–Crippen LogP) is 1.11. The maximum atomic E-state index is 12.4. The molecular weight excluding hydrogens is 278 g/mol. The SMILES string of the molecule is O=C1c2ccccc2C(=O)N1CCN1C2CCNCC1CC2. The van der Waals surface area contributed by atoms with Crippen LogP contribution in [0.1, 0.15) is 40.0 Å². The van der Waals surface area contributed by atoms with Gasteiger partial charge in [0.25, 0.3) is 11.8 Å². The van der Waals surface area contributed by atoms with Gasteiger partial charge in [-0.15, -0.1) is 0 Å². The Morgan fingerprint density at radius 1 is 0.955 bits per heavy atom. The first-order valence-corrected chi connectivity index (χ1v) is 8.17. The van der Waals surface area contributed by atoms with Crippen molar-refractivity contribution in [3.63, 3.8) is 0 Å². The van der Waals surface area contributed by atoms with E-state index in [4.69, 9.17) is 0 Å². The van der Waals surface area contributed by atoms with Gasteiger partial charge in [0.2, 0.25) is 0 Å². The normalized spacial score (nSPS) is 28.1. The van der Waals surface area contributed by atoms with Gasteiger partial charge in [0.1, 0.15) is 0 Å². The fourth-order valence-electron chi connectivity index (χ4n) is 4.10. The number of amides is 2. The van der Waals surface area contributed by atoms with Crippen molar-refractivity contribution in [2.24, 2.45) is 0 Å². The minimum Gasteiger partial charge on any atom is -0.315 e. The molecule has 116 valence electrons. The van der Waals surface area contributed by atoms with Gasteiger partial charge < -0.3 is 5.32 Å². The number of fused-ring (bicyclic) bond motifs is 3. The lowest BCUT2D eigenvalue weighted by molar-refractivity contribution is 0.0623. The molecule has 2 saturated heterocycles. The van der Waals surface area contributed by atoms with Crippen molar-refractivity contribution in [2.75, 3.05) is 26.2 Å². The van der Waals surface area contributed by atoms with Crippen LogP contribution in [0.5, 0.6) is 0 Å². The summed E-state index contributed by atoms with van der Waals surface area (Å²) in [6, 6.07) is 8.28. The third kappa shape index (κ3) is 2.16. The number of carbonyl (C=O) groups excluding carboxylic acids is 2. The molecule has 3 heterocycles. The van der Waals surface area contributed by atoms with Crippen molar-refractivity contribution >= 4 is 11.8 Å². The van der Waals surface area contributed by atoms with Crippen molar-refractivity contribution in [3.05, 3.63) is 35.4 Å². The highest BCUT2D eigenvalue weighted by Crippen LogP contribution is 2.28. The third-order valence-corrected chi connectivity index (χ3v) is 5.27. The highest BCUT2D eigenvalue weighted by atomic mass is 16.2. The second kappa shape index (κ2) is 5.48. The third-order valence-electron chi connectivity index (χ3n) is 5.27. The molecule has 4 rings (SSSR count). The maximum Gasteiger partial charge on any atom is 0.261 e. The van der Waals surface area contributed by atoms with E-state index in [9.17, 15) is 9.59 Å². The summed E-state index contributed by atoms with van der Waals surface area (Å²) in [6.07, 6.45) is 3.63. The molecule has 0 aliphatic carbocycles. The van der Waals surface area contributed by atoms with Crippen LogP contribution in [-0.2, 0) is 0 Å². The molecule has 0 saturated carbocycles. The Kier molecular flexibility index (Phi) is 3.47. The molecule has 1 aromatic carbocycles. The lowest BCUT2D eigenvalue weighted by Crippen LogP contribution is -2.44. The maximum absolute atomic E-state index is 12.4. The van der Waals surface area contributed by atoms with Crippen LogP contribution in [0.15, 0.2) is 24.3 Å². The summed E-state index contributed by atoms with van der Waals surface area (Å²) in [4.78, 5) is 28.7. The Hall–Kier alpha value is -1.72. The fourth-order valence-corrected chi connectivity index (χ4v) is 4.10. The van der Waals surface area contributed by atoms with Crippen LogP contribution in [0.2, 0.25) is 0 Å². The van der Waals surface area contributed by atoms with Crippen LogP contribution in [-0.4, -0.2) is 59.9 Å². The van der Waals surface area contributed by atoms with Crippen molar-refractivity contribution in [2.45, 2.75) is 31.3 Å². The largest absolute Gasteiger partial charge is 0.315 e. The molecule has 2 amide bonds. The first-order chi connectivity index (χ1) is 10.8. The second-order valence-electron chi connectivity index (χ2n) is 6.42. The molecule has 0 aromatic heterocycles. The Morgan fingerprint density at radius 3 is 2.36 bits per heavy atom.